The van der Waals surface area contributed by atoms with Crippen LogP contribution < -0.4 is 0 Å². The molecule has 3 fully saturated rings. The molecule has 0 aliphatic heterocycles. The minimum atomic E-state index is -1.35. The minimum absolute atomic E-state index is 0.0107. The van der Waals surface area contributed by atoms with Crippen LogP contribution in [-0.2, 0) is 9.59 Å². The van der Waals surface area contributed by atoms with Gasteiger partial charge in [-0.25, -0.2) is 0 Å². The van der Waals surface area contributed by atoms with Crippen LogP contribution in [0, 0.1) is 63.6 Å². The molecule has 0 aromatic heterocycles. The molecule has 4 unspecified atom stereocenters. The van der Waals surface area contributed by atoms with Crippen molar-refractivity contribution in [2.45, 2.75) is 79.2 Å². The zero-order valence-electron chi connectivity index (χ0n) is 19.6. The van der Waals surface area contributed by atoms with Gasteiger partial charge in [-0.1, -0.05) is 58.6 Å². The molecule has 4 rings (SSSR count). The Balaban J connectivity index is 1.90. The third-order valence-corrected chi connectivity index (χ3v) is 9.57. The molecule has 0 aromatic rings. The van der Waals surface area contributed by atoms with Crippen LogP contribution in [-0.4, -0.2) is 28.6 Å². The van der Waals surface area contributed by atoms with E-state index in [4.69, 9.17) is 0 Å². The lowest BCUT2D eigenvalue weighted by Gasteiger charge is -2.59. The Morgan fingerprint density at radius 1 is 1.26 bits per heavy atom. The first-order valence-corrected chi connectivity index (χ1v) is 12.2. The van der Waals surface area contributed by atoms with Crippen LogP contribution in [0.1, 0.15) is 73.1 Å². The molecule has 3 saturated carbocycles. The van der Waals surface area contributed by atoms with Crippen molar-refractivity contribution in [2.24, 2.45) is 51.8 Å². The molecule has 0 saturated heterocycles. The van der Waals surface area contributed by atoms with Gasteiger partial charge in [0.2, 0.25) is 0 Å². The molecule has 0 heterocycles. The molecule has 4 bridgehead atoms. The second-order valence-corrected chi connectivity index (χ2v) is 11.5. The van der Waals surface area contributed by atoms with Crippen molar-refractivity contribution in [3.8, 4) is 11.8 Å². The van der Waals surface area contributed by atoms with Crippen LogP contribution in [0.2, 0.25) is 0 Å². The van der Waals surface area contributed by atoms with Crippen LogP contribution in [0.3, 0.4) is 0 Å². The molecular weight excluding hydrogens is 388 g/mol. The van der Waals surface area contributed by atoms with Gasteiger partial charge in [0.1, 0.15) is 17.8 Å². The van der Waals surface area contributed by atoms with Gasteiger partial charge >= 0.3 is 5.97 Å². The average molecular weight is 427 g/mol. The number of hydrogen-bond donors (Lipinski definition) is 2. The summed E-state index contributed by atoms with van der Waals surface area (Å²) in [6.45, 7) is 10.6. The van der Waals surface area contributed by atoms with Gasteiger partial charge in [0.05, 0.1) is 5.41 Å². The average Bonchev–Trinajstić information content (AvgIpc) is 3.28. The summed E-state index contributed by atoms with van der Waals surface area (Å²) in [5, 5.41) is 22.5. The number of aliphatic hydroxyl groups is 1. The third kappa shape index (κ3) is 2.59. The molecule has 4 aliphatic carbocycles. The summed E-state index contributed by atoms with van der Waals surface area (Å²) in [5.41, 5.74) is -2.35. The third-order valence-electron chi connectivity index (χ3n) is 9.57. The molecule has 8 atom stereocenters. The first kappa shape index (κ1) is 22.6. The maximum absolute atomic E-state index is 13.3. The molecule has 4 nitrogen and oxygen atoms in total. The predicted octanol–water partition coefficient (Wildman–Crippen LogP) is 4.71. The van der Waals surface area contributed by atoms with Crippen molar-refractivity contribution in [1.82, 2.24) is 0 Å². The number of aliphatic hydroxyl groups excluding tert-OH is 1. The molecular formula is C27H38O4. The molecule has 0 spiro atoms. The van der Waals surface area contributed by atoms with Crippen molar-refractivity contribution in [1.29, 1.82) is 0 Å². The van der Waals surface area contributed by atoms with E-state index < -0.39 is 28.3 Å². The van der Waals surface area contributed by atoms with Gasteiger partial charge in [0, 0.05) is 11.8 Å². The summed E-state index contributed by atoms with van der Waals surface area (Å²) >= 11 is 0. The Hall–Kier alpha value is -1.60. The molecule has 0 aromatic carbocycles. The molecule has 31 heavy (non-hydrogen) atoms. The number of carboxylic acid groups (broad SMARTS) is 1. The van der Waals surface area contributed by atoms with E-state index in [1.165, 1.54) is 0 Å². The smallest absolute Gasteiger partial charge is 0.315 e. The molecule has 4 aliphatic rings. The van der Waals surface area contributed by atoms with Crippen LogP contribution in [0.5, 0.6) is 0 Å². The molecule has 2 N–H and O–H groups in total. The van der Waals surface area contributed by atoms with Gasteiger partial charge in [0.25, 0.3) is 0 Å². The van der Waals surface area contributed by atoms with Gasteiger partial charge in [-0.3, -0.25) is 4.79 Å². The van der Waals surface area contributed by atoms with Crippen molar-refractivity contribution >= 4 is 12.3 Å². The van der Waals surface area contributed by atoms with E-state index in [1.807, 2.05) is 13.8 Å². The maximum atomic E-state index is 13.3. The maximum Gasteiger partial charge on any atom is 0.315 e. The largest absolute Gasteiger partial charge is 0.481 e. The van der Waals surface area contributed by atoms with Gasteiger partial charge in [-0.2, -0.15) is 0 Å². The Labute approximate surface area is 186 Å². The Morgan fingerprint density at radius 3 is 2.55 bits per heavy atom. The summed E-state index contributed by atoms with van der Waals surface area (Å²) in [6.07, 6.45) is 6.85. The number of carbonyl (C=O) groups is 2. The lowest BCUT2D eigenvalue weighted by atomic mass is 9.41. The molecule has 0 amide bonds. The highest BCUT2D eigenvalue weighted by atomic mass is 16.4. The Morgan fingerprint density at radius 2 is 1.97 bits per heavy atom. The number of hydrogen-bond acceptors (Lipinski definition) is 3. The van der Waals surface area contributed by atoms with Gasteiger partial charge in [0.15, 0.2) is 0 Å². The number of aldehydes is 1. The summed E-state index contributed by atoms with van der Waals surface area (Å²) in [6, 6.07) is 0. The van der Waals surface area contributed by atoms with Crippen molar-refractivity contribution in [3.05, 3.63) is 11.6 Å². The lowest BCUT2D eigenvalue weighted by Crippen LogP contribution is -2.65. The SMILES string of the molecule is CC(C)CCC#CC(O)C12C[C@@H]3[C@H](C)CC[C@H]3C3(C=O)CC1C=C(C(C)C)[C@@]23C(=O)O. The van der Waals surface area contributed by atoms with Gasteiger partial charge in [-0.05, 0) is 61.2 Å². The number of carbonyl (C=O) groups excluding carboxylic acids is 1. The summed E-state index contributed by atoms with van der Waals surface area (Å²) < 4.78 is 0. The number of carboxylic acids is 1. The molecule has 0 radical (unpaired) electrons. The Bertz CT molecular complexity index is 860. The lowest BCUT2D eigenvalue weighted by molar-refractivity contribution is -0.188. The highest BCUT2D eigenvalue weighted by molar-refractivity contribution is 5.90. The fourth-order valence-electron chi connectivity index (χ4n) is 8.42. The number of aliphatic carboxylic acids is 1. The van der Waals surface area contributed by atoms with E-state index in [0.29, 0.717) is 31.1 Å². The summed E-state index contributed by atoms with van der Waals surface area (Å²) in [4.78, 5) is 26.3. The first-order valence-electron chi connectivity index (χ1n) is 12.2. The predicted molar refractivity (Wildman–Crippen MR) is 120 cm³/mol. The molecule has 170 valence electrons. The summed E-state index contributed by atoms with van der Waals surface area (Å²) in [5.74, 6) is 6.55. The minimum Gasteiger partial charge on any atom is -0.481 e. The second kappa shape index (κ2) is 7.48. The quantitative estimate of drug-likeness (QED) is 0.366. The second-order valence-electron chi connectivity index (χ2n) is 11.5. The van der Waals surface area contributed by atoms with Crippen molar-refractivity contribution < 1.29 is 19.8 Å². The highest BCUT2D eigenvalue weighted by Gasteiger charge is 2.85. The van der Waals surface area contributed by atoms with Gasteiger partial charge < -0.3 is 15.0 Å². The van der Waals surface area contributed by atoms with Crippen LogP contribution >= 0.6 is 0 Å². The topological polar surface area (TPSA) is 74.6 Å². The van der Waals surface area contributed by atoms with Crippen LogP contribution in [0.25, 0.3) is 0 Å². The monoisotopic (exact) mass is 426 g/mol. The van der Waals surface area contributed by atoms with E-state index in [-0.39, 0.29) is 23.7 Å². The standard InChI is InChI=1S/C27H38O4/c1-16(2)8-6-7-9-23(29)26-14-20-18(5)10-11-21(20)25(15-28)13-19(26)12-22(17(3)4)27(25,26)24(30)31/h12,15-21,23,29H,6,8,10-11,13-14H2,1-5H3,(H,30,31)/t18-,19?,20-,21-,23?,25?,26?,27+/m1/s1. The van der Waals surface area contributed by atoms with Gasteiger partial charge in [-0.15, -0.1) is 5.92 Å². The zero-order chi connectivity index (χ0) is 22.8. The van der Waals surface area contributed by atoms with Crippen molar-refractivity contribution in [3.63, 3.8) is 0 Å². The zero-order valence-corrected chi connectivity index (χ0v) is 19.6. The van der Waals surface area contributed by atoms with Crippen molar-refractivity contribution in [2.75, 3.05) is 0 Å². The van der Waals surface area contributed by atoms with Crippen LogP contribution in [0.4, 0.5) is 0 Å². The summed E-state index contributed by atoms with van der Waals surface area (Å²) in [7, 11) is 0. The fraction of sp³-hybridized carbons (Fsp3) is 0.778. The molecule has 4 heteroatoms. The normalized spacial score (nSPS) is 43.4. The van der Waals surface area contributed by atoms with E-state index >= 15 is 0 Å². The van der Waals surface area contributed by atoms with Crippen LogP contribution in [0.15, 0.2) is 11.6 Å². The van der Waals surface area contributed by atoms with E-state index in [1.54, 1.807) is 0 Å². The fourth-order valence-corrected chi connectivity index (χ4v) is 8.42. The van der Waals surface area contributed by atoms with E-state index in [9.17, 15) is 19.8 Å². The number of fused-ring (bicyclic) bond motifs is 2. The van der Waals surface area contributed by atoms with E-state index in [2.05, 4.69) is 38.7 Å². The number of rotatable bonds is 6. The first-order chi connectivity index (χ1) is 14.6. The number of allylic oxidation sites excluding steroid dienone is 1. The highest BCUT2D eigenvalue weighted by Crippen LogP contribution is 2.83. The Kier molecular flexibility index (Phi) is 5.45. The van der Waals surface area contributed by atoms with E-state index in [0.717, 1.165) is 31.1 Å².